The standard InChI is InChI=1S/C24H24I4N2O7/c1-13(32)30-20(24(34)35)9-14-7-16(25)22(17(26)8-14)36-15-10-18(27)23(19(28)11-15)37-21(33)5-3-2-4-6-29-12-31/h7-8,10-12,20H,2-6,9H2,1H3,(H,29,31)(H,30,32)(H,34,35)/t20-/m0/s1. The van der Waals surface area contributed by atoms with Gasteiger partial charge in [-0.15, -0.1) is 0 Å². The smallest absolute Gasteiger partial charge is 0.326 e. The molecule has 1 atom stereocenters. The molecule has 3 N–H and O–H groups in total. The Morgan fingerprint density at radius 1 is 0.946 bits per heavy atom. The molecule has 0 aromatic heterocycles. The first kappa shape index (κ1) is 32.3. The molecule has 0 aliphatic heterocycles. The second kappa shape index (κ2) is 16.2. The van der Waals surface area contributed by atoms with Gasteiger partial charge in [0, 0.05) is 26.3 Å². The molecule has 0 saturated heterocycles. The fourth-order valence-electron chi connectivity index (χ4n) is 3.22. The van der Waals surface area contributed by atoms with Gasteiger partial charge >= 0.3 is 11.9 Å². The zero-order valence-corrected chi connectivity index (χ0v) is 28.2. The summed E-state index contributed by atoms with van der Waals surface area (Å²) in [6, 6.07) is 6.21. The number of halogens is 4. The molecule has 0 aliphatic carbocycles. The molecule has 0 spiro atoms. The van der Waals surface area contributed by atoms with E-state index in [2.05, 4.69) is 101 Å². The molecule has 0 heterocycles. The number of carbonyl (C=O) groups is 4. The van der Waals surface area contributed by atoms with Crippen molar-refractivity contribution in [2.75, 3.05) is 6.54 Å². The first-order chi connectivity index (χ1) is 17.5. The number of rotatable bonds is 14. The van der Waals surface area contributed by atoms with E-state index in [4.69, 9.17) is 9.47 Å². The van der Waals surface area contributed by atoms with Crippen LogP contribution in [0.2, 0.25) is 0 Å². The molecule has 2 aromatic carbocycles. The van der Waals surface area contributed by atoms with Crippen LogP contribution in [0.25, 0.3) is 0 Å². The predicted octanol–water partition coefficient (Wildman–Crippen LogP) is 5.24. The number of esters is 1. The Morgan fingerprint density at radius 3 is 2.08 bits per heavy atom. The van der Waals surface area contributed by atoms with Gasteiger partial charge in [0.2, 0.25) is 12.3 Å². The Labute approximate surface area is 269 Å². The van der Waals surface area contributed by atoms with E-state index in [0.717, 1.165) is 32.7 Å². The minimum Gasteiger partial charge on any atom is -0.480 e. The summed E-state index contributed by atoms with van der Waals surface area (Å²) in [6.07, 6.45) is 3.40. The zero-order valence-electron chi connectivity index (χ0n) is 19.6. The average Bonchev–Trinajstić information content (AvgIpc) is 2.80. The van der Waals surface area contributed by atoms with Gasteiger partial charge in [-0.25, -0.2) is 4.79 Å². The van der Waals surface area contributed by atoms with Crippen LogP contribution < -0.4 is 20.1 Å². The van der Waals surface area contributed by atoms with Crippen LogP contribution in [0.1, 0.15) is 38.2 Å². The quantitative estimate of drug-likeness (QED) is 0.0777. The van der Waals surface area contributed by atoms with Crippen molar-refractivity contribution in [1.29, 1.82) is 0 Å². The highest BCUT2D eigenvalue weighted by molar-refractivity contribution is 14.1. The Kier molecular flexibility index (Phi) is 14.1. The van der Waals surface area contributed by atoms with Gasteiger partial charge in [0.1, 0.15) is 11.8 Å². The van der Waals surface area contributed by atoms with Gasteiger partial charge < -0.3 is 25.2 Å². The average molecular weight is 960 g/mol. The lowest BCUT2D eigenvalue weighted by atomic mass is 10.1. The van der Waals surface area contributed by atoms with Crippen molar-refractivity contribution in [3.63, 3.8) is 0 Å². The van der Waals surface area contributed by atoms with Gasteiger partial charge in [0.05, 0.1) is 14.3 Å². The van der Waals surface area contributed by atoms with E-state index in [1.54, 1.807) is 12.1 Å². The topological polar surface area (TPSA) is 131 Å². The minimum absolute atomic E-state index is 0.146. The van der Waals surface area contributed by atoms with Crippen molar-refractivity contribution in [1.82, 2.24) is 10.6 Å². The van der Waals surface area contributed by atoms with Crippen LogP contribution in [0.5, 0.6) is 17.2 Å². The highest BCUT2D eigenvalue weighted by atomic mass is 127. The Bertz CT molecular complexity index is 1110. The SMILES string of the molecule is CC(=O)N[C@@H](Cc1cc(I)c(Oc2cc(I)c(OC(=O)CCCCCNC=O)c(I)c2)c(I)c1)C(=O)O. The maximum atomic E-state index is 12.3. The number of carbonyl (C=O) groups excluding carboxylic acids is 3. The van der Waals surface area contributed by atoms with E-state index in [1.165, 1.54) is 6.92 Å². The lowest BCUT2D eigenvalue weighted by Crippen LogP contribution is -2.41. The molecule has 9 nitrogen and oxygen atoms in total. The van der Waals surface area contributed by atoms with Gasteiger partial charge in [-0.3, -0.25) is 14.4 Å². The molecule has 0 bridgehead atoms. The van der Waals surface area contributed by atoms with Crippen molar-refractivity contribution in [2.45, 2.75) is 45.1 Å². The van der Waals surface area contributed by atoms with Crippen molar-refractivity contribution in [3.05, 3.63) is 44.1 Å². The summed E-state index contributed by atoms with van der Waals surface area (Å²) in [5, 5.41) is 14.4. The third kappa shape index (κ3) is 11.0. The van der Waals surface area contributed by atoms with E-state index in [0.29, 0.717) is 43.0 Å². The van der Waals surface area contributed by atoms with Gasteiger partial charge in [-0.1, -0.05) is 6.42 Å². The number of amides is 2. The van der Waals surface area contributed by atoms with E-state index >= 15 is 0 Å². The molecule has 0 aliphatic rings. The molecule has 37 heavy (non-hydrogen) atoms. The van der Waals surface area contributed by atoms with E-state index in [9.17, 15) is 24.3 Å². The Morgan fingerprint density at radius 2 is 1.54 bits per heavy atom. The minimum atomic E-state index is -1.10. The summed E-state index contributed by atoms with van der Waals surface area (Å²) in [5.74, 6) is -0.139. The van der Waals surface area contributed by atoms with Crippen molar-refractivity contribution < 1.29 is 33.8 Å². The lowest BCUT2D eigenvalue weighted by Gasteiger charge is -2.17. The predicted molar refractivity (Wildman–Crippen MR) is 171 cm³/mol. The van der Waals surface area contributed by atoms with Crippen molar-refractivity contribution in [2.24, 2.45) is 0 Å². The van der Waals surface area contributed by atoms with Crippen LogP contribution in [0.15, 0.2) is 24.3 Å². The Balaban J connectivity index is 2.08. The number of nitrogens with one attached hydrogen (secondary N) is 2. The fourth-order valence-corrected chi connectivity index (χ4v) is 7.27. The van der Waals surface area contributed by atoms with Gasteiger partial charge in [0.15, 0.2) is 11.5 Å². The van der Waals surface area contributed by atoms with Crippen molar-refractivity contribution >= 4 is 115 Å². The second-order valence-electron chi connectivity index (χ2n) is 7.86. The molecule has 200 valence electrons. The van der Waals surface area contributed by atoms with Gasteiger partial charge in [-0.2, -0.15) is 0 Å². The van der Waals surface area contributed by atoms with Crippen LogP contribution in [-0.2, 0) is 25.6 Å². The van der Waals surface area contributed by atoms with Gasteiger partial charge in [0.25, 0.3) is 0 Å². The number of hydrogen-bond donors (Lipinski definition) is 3. The fraction of sp³-hybridized carbons (Fsp3) is 0.333. The molecular formula is C24H24I4N2O7. The molecule has 0 fully saturated rings. The molecule has 2 rings (SSSR count). The summed E-state index contributed by atoms with van der Waals surface area (Å²) in [7, 11) is 0. The molecule has 0 saturated carbocycles. The first-order valence-electron chi connectivity index (χ1n) is 11.0. The second-order valence-corrected chi connectivity index (χ2v) is 12.5. The molecule has 2 aromatic rings. The normalized spacial score (nSPS) is 11.4. The third-order valence-electron chi connectivity index (χ3n) is 4.87. The van der Waals surface area contributed by atoms with Crippen LogP contribution in [-0.4, -0.2) is 41.9 Å². The Hall–Kier alpha value is -0.960. The summed E-state index contributed by atoms with van der Waals surface area (Å²) in [5.41, 5.74) is 0.758. The number of ether oxygens (including phenoxy) is 2. The maximum Gasteiger partial charge on any atom is 0.326 e. The van der Waals surface area contributed by atoms with Crippen LogP contribution in [0, 0.1) is 14.3 Å². The van der Waals surface area contributed by atoms with E-state index < -0.39 is 17.9 Å². The number of aliphatic carboxylic acids is 1. The van der Waals surface area contributed by atoms with Gasteiger partial charge in [-0.05, 0) is 133 Å². The molecular weight excluding hydrogens is 936 g/mol. The lowest BCUT2D eigenvalue weighted by molar-refractivity contribution is -0.141. The molecule has 2 amide bonds. The third-order valence-corrected chi connectivity index (χ3v) is 8.07. The molecule has 0 unspecified atom stereocenters. The van der Waals surface area contributed by atoms with E-state index in [-0.39, 0.29) is 12.4 Å². The number of carboxylic acid groups (broad SMARTS) is 1. The number of unbranched alkanes of at least 4 members (excludes halogenated alkanes) is 2. The largest absolute Gasteiger partial charge is 0.480 e. The highest BCUT2D eigenvalue weighted by Crippen LogP contribution is 2.37. The molecule has 13 heteroatoms. The zero-order chi connectivity index (χ0) is 27.5. The van der Waals surface area contributed by atoms with Crippen LogP contribution in [0.4, 0.5) is 0 Å². The summed E-state index contributed by atoms with van der Waals surface area (Å²) in [6.45, 7) is 1.88. The summed E-state index contributed by atoms with van der Waals surface area (Å²) < 4.78 is 14.8. The number of benzene rings is 2. The summed E-state index contributed by atoms with van der Waals surface area (Å²) >= 11 is 8.47. The maximum absolute atomic E-state index is 12.3. The highest BCUT2D eigenvalue weighted by Gasteiger charge is 2.21. The molecule has 0 radical (unpaired) electrons. The number of hydrogen-bond acceptors (Lipinski definition) is 6. The summed E-state index contributed by atoms with van der Waals surface area (Å²) in [4.78, 5) is 45.3. The van der Waals surface area contributed by atoms with Crippen molar-refractivity contribution in [3.8, 4) is 17.2 Å². The van der Waals surface area contributed by atoms with E-state index in [1.807, 2.05) is 12.1 Å². The first-order valence-corrected chi connectivity index (χ1v) is 15.4. The van der Waals surface area contributed by atoms with Crippen LogP contribution in [0.3, 0.4) is 0 Å². The van der Waals surface area contributed by atoms with Crippen LogP contribution >= 0.6 is 90.4 Å². The number of carboxylic acids is 1. The monoisotopic (exact) mass is 960 g/mol.